The van der Waals surface area contributed by atoms with Crippen molar-refractivity contribution < 1.29 is 28.0 Å². The third-order valence-electron chi connectivity index (χ3n) is 4.90. The molecule has 2 aliphatic rings. The summed E-state index contributed by atoms with van der Waals surface area (Å²) in [5.41, 5.74) is -0.411. The van der Waals surface area contributed by atoms with Crippen molar-refractivity contribution in [2.24, 2.45) is 0 Å². The minimum atomic E-state index is -0.927. The van der Waals surface area contributed by atoms with Crippen LogP contribution in [-0.4, -0.2) is 47.9 Å². The highest BCUT2D eigenvalue weighted by Crippen LogP contribution is 2.36. The Balaban J connectivity index is 1.84. The first kappa shape index (κ1) is 19.6. The van der Waals surface area contributed by atoms with E-state index in [0.29, 0.717) is 31.2 Å². The summed E-state index contributed by atoms with van der Waals surface area (Å²) in [6.45, 7) is 1.30. The summed E-state index contributed by atoms with van der Waals surface area (Å²) in [6, 6.07) is 7.63. The summed E-state index contributed by atoms with van der Waals surface area (Å²) in [6.07, 6.45) is 0. The number of anilines is 1. The van der Waals surface area contributed by atoms with Crippen LogP contribution in [0.4, 0.5) is 20.2 Å². The van der Waals surface area contributed by atoms with Gasteiger partial charge in [0.2, 0.25) is 0 Å². The maximum absolute atomic E-state index is 14.4. The highest BCUT2D eigenvalue weighted by molar-refractivity contribution is 6.45. The molecule has 0 aliphatic carbocycles. The number of nitrogens with zero attached hydrogens (tertiary/aromatic N) is 3. The zero-order valence-electron chi connectivity index (χ0n) is 15.5. The Morgan fingerprint density at radius 1 is 0.967 bits per heavy atom. The molecule has 0 aromatic heterocycles. The van der Waals surface area contributed by atoms with E-state index >= 15 is 0 Å². The van der Waals surface area contributed by atoms with Crippen molar-refractivity contribution in [2.45, 2.75) is 0 Å². The first-order valence-corrected chi connectivity index (χ1v) is 9.04. The number of amides is 2. The van der Waals surface area contributed by atoms with Crippen molar-refractivity contribution in [3.8, 4) is 0 Å². The van der Waals surface area contributed by atoms with Crippen LogP contribution in [-0.2, 0) is 14.3 Å². The fourth-order valence-corrected chi connectivity index (χ4v) is 3.48. The molecular formula is C20H15F2N3O5. The highest BCUT2D eigenvalue weighted by Gasteiger charge is 2.43. The van der Waals surface area contributed by atoms with E-state index in [-0.39, 0.29) is 22.5 Å². The Morgan fingerprint density at radius 2 is 1.63 bits per heavy atom. The molecule has 4 rings (SSSR count). The highest BCUT2D eigenvalue weighted by atomic mass is 19.1. The Kier molecular flexibility index (Phi) is 5.00. The number of nitro groups is 1. The van der Waals surface area contributed by atoms with Gasteiger partial charge in [-0.05, 0) is 29.8 Å². The molecule has 0 spiro atoms. The number of hydrogen-bond donors (Lipinski definition) is 0. The number of imide groups is 1. The Hall–Kier alpha value is -3.66. The SMILES string of the molecule is O=C1C(c2ccc([N+](=O)[O-])cc2)=C(N2CCOCC2)C(=O)N1c1cc(F)ccc1F. The standard InChI is InChI=1S/C20H15F2N3O5/c21-13-3-6-15(22)16(11-13)24-19(26)17(12-1-4-14(5-2-12)25(28)29)18(20(24)27)23-7-9-30-10-8-23/h1-6,11H,7-10H2. The van der Waals surface area contributed by atoms with Gasteiger partial charge in [0, 0.05) is 31.3 Å². The van der Waals surface area contributed by atoms with E-state index in [0.717, 1.165) is 18.2 Å². The summed E-state index contributed by atoms with van der Waals surface area (Å²) in [5, 5.41) is 10.9. The number of nitro benzene ring substituents is 1. The van der Waals surface area contributed by atoms with Crippen LogP contribution in [0.15, 0.2) is 48.2 Å². The molecule has 2 aromatic carbocycles. The topological polar surface area (TPSA) is 93.0 Å². The van der Waals surface area contributed by atoms with Crippen LogP contribution in [0.5, 0.6) is 0 Å². The molecule has 0 atom stereocenters. The van der Waals surface area contributed by atoms with Crippen molar-refractivity contribution in [1.82, 2.24) is 4.90 Å². The first-order valence-electron chi connectivity index (χ1n) is 9.04. The molecule has 0 radical (unpaired) electrons. The van der Waals surface area contributed by atoms with Crippen LogP contribution in [0.25, 0.3) is 5.57 Å². The maximum atomic E-state index is 14.4. The lowest BCUT2D eigenvalue weighted by atomic mass is 10.0. The van der Waals surface area contributed by atoms with E-state index in [1.54, 1.807) is 4.90 Å². The van der Waals surface area contributed by atoms with Gasteiger partial charge in [0.1, 0.15) is 17.3 Å². The zero-order chi connectivity index (χ0) is 21.4. The number of halogens is 2. The molecule has 0 N–H and O–H groups in total. The van der Waals surface area contributed by atoms with E-state index in [2.05, 4.69) is 0 Å². The third-order valence-corrected chi connectivity index (χ3v) is 4.90. The molecule has 2 aliphatic heterocycles. The predicted molar refractivity (Wildman–Crippen MR) is 101 cm³/mol. The van der Waals surface area contributed by atoms with Gasteiger partial charge in [-0.2, -0.15) is 0 Å². The number of non-ortho nitro benzene ring substituents is 1. The van der Waals surface area contributed by atoms with Gasteiger partial charge in [0.05, 0.1) is 29.4 Å². The molecule has 2 amide bonds. The van der Waals surface area contributed by atoms with Crippen LogP contribution in [0.2, 0.25) is 0 Å². The molecule has 0 saturated carbocycles. The minimum Gasteiger partial charge on any atom is -0.378 e. The minimum absolute atomic E-state index is 0.0274. The lowest BCUT2D eigenvalue weighted by Gasteiger charge is -2.29. The number of benzene rings is 2. The average Bonchev–Trinajstić information content (AvgIpc) is 3.00. The molecule has 8 nitrogen and oxygen atoms in total. The van der Waals surface area contributed by atoms with Gasteiger partial charge in [-0.25, -0.2) is 13.7 Å². The van der Waals surface area contributed by atoms with Crippen molar-refractivity contribution >= 4 is 28.8 Å². The largest absolute Gasteiger partial charge is 0.378 e. The van der Waals surface area contributed by atoms with Crippen LogP contribution in [0.1, 0.15) is 5.56 Å². The zero-order valence-corrected chi connectivity index (χ0v) is 15.5. The van der Waals surface area contributed by atoms with Crippen LogP contribution in [0.3, 0.4) is 0 Å². The lowest BCUT2D eigenvalue weighted by Crippen LogP contribution is -2.40. The average molecular weight is 415 g/mol. The van der Waals surface area contributed by atoms with E-state index in [1.807, 2.05) is 0 Å². The number of ether oxygens (including phenoxy) is 1. The van der Waals surface area contributed by atoms with E-state index < -0.39 is 34.1 Å². The van der Waals surface area contributed by atoms with Crippen LogP contribution < -0.4 is 4.90 Å². The molecule has 2 aromatic rings. The molecule has 0 bridgehead atoms. The second kappa shape index (κ2) is 7.64. The van der Waals surface area contributed by atoms with Gasteiger partial charge >= 0.3 is 0 Å². The summed E-state index contributed by atoms with van der Waals surface area (Å²) in [7, 11) is 0. The summed E-state index contributed by atoms with van der Waals surface area (Å²) in [5.74, 6) is -3.35. The predicted octanol–water partition coefficient (Wildman–Crippen LogP) is 2.49. The van der Waals surface area contributed by atoms with Gasteiger partial charge in [0.25, 0.3) is 17.5 Å². The van der Waals surface area contributed by atoms with Gasteiger partial charge in [-0.15, -0.1) is 0 Å². The van der Waals surface area contributed by atoms with Crippen LogP contribution in [0, 0.1) is 21.7 Å². The molecular weight excluding hydrogens is 400 g/mol. The molecule has 0 unspecified atom stereocenters. The second-order valence-corrected chi connectivity index (χ2v) is 6.67. The lowest BCUT2D eigenvalue weighted by molar-refractivity contribution is -0.384. The van der Waals surface area contributed by atoms with Gasteiger partial charge in [0.15, 0.2) is 0 Å². The number of rotatable bonds is 4. The fraction of sp³-hybridized carbons (Fsp3) is 0.200. The van der Waals surface area contributed by atoms with E-state index in [9.17, 15) is 28.5 Å². The quantitative estimate of drug-likeness (QED) is 0.433. The summed E-state index contributed by atoms with van der Waals surface area (Å²) in [4.78, 5) is 39.0. The second-order valence-electron chi connectivity index (χ2n) is 6.67. The van der Waals surface area contributed by atoms with Crippen molar-refractivity contribution in [3.63, 3.8) is 0 Å². The summed E-state index contributed by atoms with van der Waals surface area (Å²) < 4.78 is 33.4. The Labute approximate surface area is 169 Å². The van der Waals surface area contributed by atoms with Crippen LogP contribution >= 0.6 is 0 Å². The smallest absolute Gasteiger partial charge is 0.282 e. The van der Waals surface area contributed by atoms with Gasteiger partial charge < -0.3 is 9.64 Å². The molecule has 10 heteroatoms. The number of hydrogen-bond acceptors (Lipinski definition) is 6. The van der Waals surface area contributed by atoms with Crippen molar-refractivity contribution in [2.75, 3.05) is 31.2 Å². The maximum Gasteiger partial charge on any atom is 0.282 e. The molecule has 1 fully saturated rings. The number of carbonyl (C=O) groups is 2. The van der Waals surface area contributed by atoms with Gasteiger partial charge in [-0.1, -0.05) is 0 Å². The van der Waals surface area contributed by atoms with E-state index in [4.69, 9.17) is 4.74 Å². The van der Waals surface area contributed by atoms with Crippen molar-refractivity contribution in [3.05, 3.63) is 75.5 Å². The molecule has 1 saturated heterocycles. The molecule has 30 heavy (non-hydrogen) atoms. The number of morpholine rings is 1. The number of carbonyl (C=O) groups excluding carboxylic acids is 2. The Bertz CT molecular complexity index is 1080. The van der Waals surface area contributed by atoms with E-state index in [1.165, 1.54) is 24.3 Å². The Morgan fingerprint density at radius 3 is 2.27 bits per heavy atom. The molecule has 2 heterocycles. The monoisotopic (exact) mass is 415 g/mol. The fourth-order valence-electron chi connectivity index (χ4n) is 3.48. The molecule has 154 valence electrons. The normalized spacial score (nSPS) is 17.1. The van der Waals surface area contributed by atoms with Crippen molar-refractivity contribution in [1.29, 1.82) is 0 Å². The van der Waals surface area contributed by atoms with Gasteiger partial charge in [-0.3, -0.25) is 19.7 Å². The first-order chi connectivity index (χ1) is 14.4. The third kappa shape index (κ3) is 3.30. The summed E-state index contributed by atoms with van der Waals surface area (Å²) >= 11 is 0.